The van der Waals surface area contributed by atoms with Crippen LogP contribution in [0.1, 0.15) is 55.4 Å². The van der Waals surface area contributed by atoms with Crippen molar-refractivity contribution in [3.05, 3.63) is 132 Å². The molecule has 5 nitrogen and oxygen atoms in total. The third kappa shape index (κ3) is 5.92. The largest absolute Gasteiger partial charge is 2.00 e. The number of aromatic nitrogens is 4. The van der Waals surface area contributed by atoms with Gasteiger partial charge in [0, 0.05) is 35.0 Å². The van der Waals surface area contributed by atoms with Gasteiger partial charge in [-0.05, 0) is 83.3 Å². The molecular formula is C40H36N4OPt. The van der Waals surface area contributed by atoms with Crippen molar-refractivity contribution >= 4 is 21.8 Å². The second-order valence-electron chi connectivity index (χ2n) is 12.1. The Morgan fingerprint density at radius 2 is 1.63 bits per heavy atom. The summed E-state index contributed by atoms with van der Waals surface area (Å²) in [7, 11) is 0. The minimum Gasteiger partial charge on any atom is -0.509 e. The molecule has 0 unspecified atom stereocenters. The minimum absolute atomic E-state index is 0. The van der Waals surface area contributed by atoms with Crippen LogP contribution in [0, 0.1) is 26.0 Å². The van der Waals surface area contributed by atoms with Gasteiger partial charge in [-0.3, -0.25) is 4.68 Å². The van der Waals surface area contributed by atoms with Crippen LogP contribution in [0.25, 0.3) is 44.4 Å². The number of aryl methyl sites for hydroxylation is 3. The van der Waals surface area contributed by atoms with E-state index in [1.54, 1.807) is 0 Å². The number of pyridine rings is 1. The molecule has 4 aromatic carbocycles. The molecule has 46 heavy (non-hydrogen) atoms. The predicted octanol–water partition coefficient (Wildman–Crippen LogP) is 10.1. The van der Waals surface area contributed by atoms with E-state index in [2.05, 4.69) is 112 Å². The standard InChI is InChI=1S/C40H36N4O.Pt/c1-6-10-29-19-27(4)40(28(5)20-29)31-24-42-43(25-31)32-11-9-12-33(22-32)45-34-15-16-36-35-13-7-8-14-37(35)44(38(36)23-34)39-21-30(26(2)3)17-18-41-39;/h7-9,11-21,24-26H,6,10H2,1-5H3;/q-2;+2. The molecule has 0 N–H and O–H groups in total. The third-order valence-corrected chi connectivity index (χ3v) is 8.44. The fourth-order valence-corrected chi connectivity index (χ4v) is 6.36. The number of benzene rings is 4. The second kappa shape index (κ2) is 13.1. The van der Waals surface area contributed by atoms with E-state index in [0.29, 0.717) is 17.4 Å². The fraction of sp³-hybridized carbons (Fsp3) is 0.200. The first-order chi connectivity index (χ1) is 21.9. The molecule has 3 aromatic heterocycles. The van der Waals surface area contributed by atoms with Gasteiger partial charge in [0.15, 0.2) is 0 Å². The summed E-state index contributed by atoms with van der Waals surface area (Å²) < 4.78 is 10.4. The molecular weight excluding hydrogens is 748 g/mol. The summed E-state index contributed by atoms with van der Waals surface area (Å²) >= 11 is 0. The van der Waals surface area contributed by atoms with E-state index in [-0.39, 0.29) is 21.1 Å². The Kier molecular flexibility index (Phi) is 8.97. The number of nitrogens with zero attached hydrogens (tertiary/aromatic N) is 4. The van der Waals surface area contributed by atoms with Gasteiger partial charge in [0.2, 0.25) is 0 Å². The van der Waals surface area contributed by atoms with Crippen molar-refractivity contribution in [2.75, 3.05) is 0 Å². The van der Waals surface area contributed by atoms with Crippen molar-refractivity contribution in [2.24, 2.45) is 0 Å². The Hall–Kier alpha value is -4.47. The van der Waals surface area contributed by atoms with Crippen LogP contribution in [0.5, 0.6) is 11.5 Å². The van der Waals surface area contributed by atoms with Crippen LogP contribution < -0.4 is 4.74 Å². The summed E-state index contributed by atoms with van der Waals surface area (Å²) in [6, 6.07) is 34.2. The van der Waals surface area contributed by atoms with Crippen molar-refractivity contribution in [1.82, 2.24) is 19.3 Å². The maximum Gasteiger partial charge on any atom is 2.00 e. The Morgan fingerprint density at radius 3 is 2.41 bits per heavy atom. The zero-order valence-electron chi connectivity index (χ0n) is 26.7. The summed E-state index contributed by atoms with van der Waals surface area (Å²) in [6.07, 6.45) is 8.12. The van der Waals surface area contributed by atoms with Crippen LogP contribution in [-0.4, -0.2) is 19.3 Å². The molecule has 0 spiro atoms. The topological polar surface area (TPSA) is 44.9 Å². The Bertz CT molecular complexity index is 2150. The predicted molar refractivity (Wildman–Crippen MR) is 183 cm³/mol. The van der Waals surface area contributed by atoms with Gasteiger partial charge in [-0.2, -0.15) is 17.2 Å². The van der Waals surface area contributed by atoms with Crippen molar-refractivity contribution in [3.63, 3.8) is 0 Å². The van der Waals surface area contributed by atoms with Gasteiger partial charge in [-0.15, -0.1) is 35.7 Å². The normalized spacial score (nSPS) is 11.3. The van der Waals surface area contributed by atoms with Crippen molar-refractivity contribution in [1.29, 1.82) is 0 Å². The summed E-state index contributed by atoms with van der Waals surface area (Å²) in [6.45, 7) is 11.0. The molecule has 7 aromatic rings. The van der Waals surface area contributed by atoms with Gasteiger partial charge in [0.1, 0.15) is 5.82 Å². The first-order valence-electron chi connectivity index (χ1n) is 15.7. The van der Waals surface area contributed by atoms with Crippen molar-refractivity contribution in [2.45, 2.75) is 53.4 Å². The Balaban J connectivity index is 0.00000372. The average Bonchev–Trinajstić information content (AvgIpc) is 3.64. The summed E-state index contributed by atoms with van der Waals surface area (Å²) in [5.41, 5.74) is 10.3. The van der Waals surface area contributed by atoms with Crippen LogP contribution in [0.4, 0.5) is 0 Å². The van der Waals surface area contributed by atoms with Gasteiger partial charge in [0.25, 0.3) is 0 Å². The molecule has 0 radical (unpaired) electrons. The fourth-order valence-electron chi connectivity index (χ4n) is 6.36. The van der Waals surface area contributed by atoms with Crippen LogP contribution in [0.3, 0.4) is 0 Å². The van der Waals surface area contributed by atoms with E-state index < -0.39 is 0 Å². The van der Waals surface area contributed by atoms with E-state index >= 15 is 0 Å². The maximum atomic E-state index is 6.38. The average molecular weight is 784 g/mol. The molecule has 7 rings (SSSR count). The van der Waals surface area contributed by atoms with Crippen molar-refractivity contribution in [3.8, 4) is 34.1 Å². The summed E-state index contributed by atoms with van der Waals surface area (Å²) in [5, 5.41) is 6.95. The molecule has 0 atom stereocenters. The number of ether oxygens (including phenoxy) is 1. The van der Waals surface area contributed by atoms with E-state index in [1.165, 1.54) is 27.8 Å². The molecule has 0 saturated heterocycles. The van der Waals surface area contributed by atoms with Gasteiger partial charge < -0.3 is 9.30 Å². The van der Waals surface area contributed by atoms with Crippen LogP contribution in [0.15, 0.2) is 97.5 Å². The molecule has 0 bridgehead atoms. The summed E-state index contributed by atoms with van der Waals surface area (Å²) in [4.78, 5) is 4.76. The van der Waals surface area contributed by atoms with Crippen LogP contribution in [-0.2, 0) is 27.5 Å². The van der Waals surface area contributed by atoms with Gasteiger partial charge >= 0.3 is 21.1 Å². The first kappa shape index (κ1) is 31.5. The summed E-state index contributed by atoms with van der Waals surface area (Å²) in [5.74, 6) is 2.48. The molecule has 0 aliphatic heterocycles. The van der Waals surface area contributed by atoms with Crippen LogP contribution in [0.2, 0.25) is 0 Å². The SMILES string of the molecule is CCCc1cc(C)c(-c2cnn(-c3[c-]c(Oc4[c-]c5c(cc4)c4ccccc4n5-c4cc(C(C)C)ccn4)ccc3)c2)c(C)c1.[Pt+2]. The molecule has 0 amide bonds. The molecule has 0 saturated carbocycles. The monoisotopic (exact) mass is 783 g/mol. The van der Waals surface area contributed by atoms with Crippen molar-refractivity contribution < 1.29 is 25.8 Å². The molecule has 232 valence electrons. The zero-order valence-corrected chi connectivity index (χ0v) is 29.0. The molecule has 0 aliphatic rings. The van der Waals surface area contributed by atoms with Gasteiger partial charge in [-0.25, -0.2) is 4.98 Å². The number of para-hydroxylation sites is 1. The minimum atomic E-state index is 0. The van der Waals surface area contributed by atoms with Crippen LogP contribution >= 0.6 is 0 Å². The van der Waals surface area contributed by atoms with Gasteiger partial charge in [0.05, 0.1) is 6.20 Å². The molecule has 0 fully saturated rings. The number of fused-ring (bicyclic) bond motifs is 3. The Labute approximate surface area is 285 Å². The number of hydrogen-bond donors (Lipinski definition) is 0. The second-order valence-corrected chi connectivity index (χ2v) is 12.1. The quantitative estimate of drug-likeness (QED) is 0.144. The first-order valence-corrected chi connectivity index (χ1v) is 15.7. The van der Waals surface area contributed by atoms with E-state index in [0.717, 1.165) is 51.7 Å². The zero-order chi connectivity index (χ0) is 31.1. The number of rotatable bonds is 8. The molecule has 0 aliphatic carbocycles. The smallest absolute Gasteiger partial charge is 0.509 e. The maximum absolute atomic E-state index is 6.38. The van der Waals surface area contributed by atoms with Gasteiger partial charge in [-0.1, -0.05) is 63.0 Å². The van der Waals surface area contributed by atoms with E-state index in [1.807, 2.05) is 41.3 Å². The van der Waals surface area contributed by atoms with E-state index in [9.17, 15) is 0 Å². The van der Waals surface area contributed by atoms with E-state index in [4.69, 9.17) is 14.8 Å². The Morgan fingerprint density at radius 1 is 0.848 bits per heavy atom. The molecule has 6 heteroatoms. The molecule has 3 heterocycles. The third-order valence-electron chi connectivity index (χ3n) is 8.44. The number of hydrogen-bond acceptors (Lipinski definition) is 3.